The smallest absolute Gasteiger partial charge is 0.287 e. The Morgan fingerprint density at radius 2 is 2.05 bits per heavy atom. The van der Waals surface area contributed by atoms with Crippen LogP contribution in [0.5, 0.6) is 0 Å². The lowest BCUT2D eigenvalue weighted by molar-refractivity contribution is -0.385. The van der Waals surface area contributed by atoms with Gasteiger partial charge in [0.25, 0.3) is 5.69 Å². The highest BCUT2D eigenvalue weighted by atomic mass is 16.6. The van der Waals surface area contributed by atoms with Crippen LogP contribution in [0.3, 0.4) is 0 Å². The van der Waals surface area contributed by atoms with E-state index in [1.54, 1.807) is 6.07 Å². The van der Waals surface area contributed by atoms with E-state index in [1.165, 1.54) is 6.20 Å². The molecule has 0 aliphatic carbocycles. The molecule has 2 atom stereocenters. The lowest BCUT2D eigenvalue weighted by Gasteiger charge is -2.29. The maximum absolute atomic E-state index is 10.8. The van der Waals surface area contributed by atoms with Crippen molar-refractivity contribution < 1.29 is 4.92 Å². The van der Waals surface area contributed by atoms with E-state index in [0.29, 0.717) is 12.0 Å². The Labute approximate surface area is 121 Å². The molecule has 1 rings (SSSR count). The predicted molar refractivity (Wildman–Crippen MR) is 81.0 cm³/mol. The normalized spacial score (nSPS) is 14.3. The summed E-state index contributed by atoms with van der Waals surface area (Å²) in [5.74, 6) is 0.671. The zero-order valence-electron chi connectivity index (χ0n) is 13.0. The topological polar surface area (TPSA) is 68.1 Å². The molecule has 0 bridgehead atoms. The molecule has 2 unspecified atom stereocenters. The summed E-state index contributed by atoms with van der Waals surface area (Å²) in [5, 5.41) is 14.3. The molecule has 5 nitrogen and oxygen atoms in total. The number of hydrogen-bond donors (Lipinski definition) is 1. The largest absolute Gasteiger partial charge is 0.314 e. The molecule has 0 saturated heterocycles. The molecule has 5 heteroatoms. The fourth-order valence-corrected chi connectivity index (χ4v) is 2.65. The summed E-state index contributed by atoms with van der Waals surface area (Å²) in [6, 6.07) is 1.91. The van der Waals surface area contributed by atoms with E-state index in [4.69, 9.17) is 0 Å². The fraction of sp³-hybridized carbons (Fsp3) is 0.667. The summed E-state index contributed by atoms with van der Waals surface area (Å²) in [7, 11) is 0. The Kier molecular flexibility index (Phi) is 6.07. The molecule has 1 aromatic heterocycles. The monoisotopic (exact) mass is 279 g/mol. The van der Waals surface area contributed by atoms with Crippen LogP contribution < -0.4 is 5.32 Å². The van der Waals surface area contributed by atoms with Crippen molar-refractivity contribution in [2.24, 2.45) is 5.92 Å². The molecule has 0 spiro atoms. The Hall–Kier alpha value is -1.49. The SMILES string of the molecule is CCCNC(C)C(c1ncc([N+](=O)[O-])cc1C)C(C)C. The second-order valence-corrected chi connectivity index (χ2v) is 5.67. The number of pyridine rings is 1. The second kappa shape index (κ2) is 7.33. The van der Waals surface area contributed by atoms with Crippen LogP contribution in [0, 0.1) is 23.0 Å². The van der Waals surface area contributed by atoms with Gasteiger partial charge in [-0.25, -0.2) is 0 Å². The van der Waals surface area contributed by atoms with Crippen LogP contribution in [0.2, 0.25) is 0 Å². The number of nitro groups is 1. The molecule has 20 heavy (non-hydrogen) atoms. The van der Waals surface area contributed by atoms with Crippen LogP contribution in [-0.4, -0.2) is 22.5 Å². The summed E-state index contributed by atoms with van der Waals surface area (Å²) in [6.45, 7) is 11.5. The van der Waals surface area contributed by atoms with Crippen molar-refractivity contribution in [2.75, 3.05) is 6.54 Å². The molecule has 0 saturated carbocycles. The molecular formula is C15H25N3O2. The molecule has 0 radical (unpaired) electrons. The van der Waals surface area contributed by atoms with Crippen molar-refractivity contribution in [1.29, 1.82) is 0 Å². The van der Waals surface area contributed by atoms with Crippen molar-refractivity contribution >= 4 is 5.69 Å². The Balaban J connectivity index is 3.06. The van der Waals surface area contributed by atoms with Gasteiger partial charge in [-0.2, -0.15) is 0 Å². The van der Waals surface area contributed by atoms with Gasteiger partial charge in [0.05, 0.1) is 4.92 Å². The van der Waals surface area contributed by atoms with Gasteiger partial charge in [-0.15, -0.1) is 0 Å². The van der Waals surface area contributed by atoms with Crippen LogP contribution in [0.1, 0.15) is 51.3 Å². The van der Waals surface area contributed by atoms with Crippen molar-refractivity contribution in [1.82, 2.24) is 10.3 Å². The van der Waals surface area contributed by atoms with Gasteiger partial charge in [0, 0.05) is 23.7 Å². The lowest BCUT2D eigenvalue weighted by atomic mass is 9.84. The molecule has 0 aliphatic heterocycles. The minimum atomic E-state index is -0.396. The first-order chi connectivity index (χ1) is 9.38. The second-order valence-electron chi connectivity index (χ2n) is 5.67. The van der Waals surface area contributed by atoms with E-state index in [-0.39, 0.29) is 11.6 Å². The predicted octanol–water partition coefficient (Wildman–Crippen LogP) is 3.43. The highest BCUT2D eigenvalue weighted by Gasteiger charge is 2.26. The Morgan fingerprint density at radius 1 is 1.40 bits per heavy atom. The van der Waals surface area contributed by atoms with Gasteiger partial charge >= 0.3 is 0 Å². The first-order valence-corrected chi connectivity index (χ1v) is 7.22. The van der Waals surface area contributed by atoms with Crippen LogP contribution in [-0.2, 0) is 0 Å². The molecule has 0 amide bonds. The zero-order valence-corrected chi connectivity index (χ0v) is 13.0. The van der Waals surface area contributed by atoms with Crippen LogP contribution >= 0.6 is 0 Å². The first kappa shape index (κ1) is 16.6. The number of aromatic nitrogens is 1. The number of nitrogens with one attached hydrogen (secondary N) is 1. The van der Waals surface area contributed by atoms with Crippen molar-refractivity contribution in [3.05, 3.63) is 33.6 Å². The Morgan fingerprint density at radius 3 is 2.50 bits per heavy atom. The third-order valence-corrected chi connectivity index (χ3v) is 3.60. The van der Waals surface area contributed by atoms with E-state index in [0.717, 1.165) is 24.2 Å². The van der Waals surface area contributed by atoms with E-state index in [1.807, 2.05) is 6.92 Å². The van der Waals surface area contributed by atoms with Gasteiger partial charge in [-0.05, 0) is 38.3 Å². The van der Waals surface area contributed by atoms with E-state index in [2.05, 4.69) is 38.0 Å². The number of rotatable bonds is 7. The van der Waals surface area contributed by atoms with Crippen molar-refractivity contribution in [3.63, 3.8) is 0 Å². The zero-order chi connectivity index (χ0) is 15.3. The molecule has 0 aliphatic rings. The summed E-state index contributed by atoms with van der Waals surface area (Å²) in [4.78, 5) is 14.8. The van der Waals surface area contributed by atoms with Gasteiger partial charge in [0.2, 0.25) is 0 Å². The lowest BCUT2D eigenvalue weighted by Crippen LogP contribution is -2.36. The molecule has 1 N–H and O–H groups in total. The minimum absolute atomic E-state index is 0.0583. The summed E-state index contributed by atoms with van der Waals surface area (Å²) in [5.41, 5.74) is 1.91. The maximum atomic E-state index is 10.8. The quantitative estimate of drug-likeness (QED) is 0.613. The Bertz CT molecular complexity index is 460. The highest BCUT2D eigenvalue weighted by Crippen LogP contribution is 2.30. The van der Waals surface area contributed by atoms with Crippen LogP contribution in [0.4, 0.5) is 5.69 Å². The summed E-state index contributed by atoms with van der Waals surface area (Å²) in [6.07, 6.45) is 2.45. The number of aryl methyl sites for hydroxylation is 1. The average molecular weight is 279 g/mol. The molecule has 0 aromatic carbocycles. The minimum Gasteiger partial charge on any atom is -0.314 e. The van der Waals surface area contributed by atoms with Gasteiger partial charge < -0.3 is 5.32 Å². The summed E-state index contributed by atoms with van der Waals surface area (Å²) >= 11 is 0. The van der Waals surface area contributed by atoms with Gasteiger partial charge in [-0.3, -0.25) is 15.1 Å². The van der Waals surface area contributed by atoms with E-state index in [9.17, 15) is 10.1 Å². The molecule has 112 valence electrons. The van der Waals surface area contributed by atoms with Gasteiger partial charge in [-0.1, -0.05) is 20.8 Å². The fourth-order valence-electron chi connectivity index (χ4n) is 2.65. The number of nitrogens with zero attached hydrogens (tertiary/aromatic N) is 2. The standard InChI is InChI=1S/C15H25N3O2/c1-6-7-16-12(5)14(10(2)3)15-11(4)8-13(9-17-15)18(19)20/h8-10,12,14,16H,6-7H2,1-5H3. The third-order valence-electron chi connectivity index (χ3n) is 3.60. The number of hydrogen-bond acceptors (Lipinski definition) is 4. The first-order valence-electron chi connectivity index (χ1n) is 7.22. The van der Waals surface area contributed by atoms with Crippen molar-refractivity contribution in [2.45, 2.75) is 53.0 Å². The molecule has 1 aromatic rings. The highest BCUT2D eigenvalue weighted by molar-refractivity contribution is 5.35. The van der Waals surface area contributed by atoms with Crippen LogP contribution in [0.25, 0.3) is 0 Å². The van der Waals surface area contributed by atoms with E-state index < -0.39 is 4.92 Å². The van der Waals surface area contributed by atoms with E-state index >= 15 is 0 Å². The molecular weight excluding hydrogens is 254 g/mol. The maximum Gasteiger partial charge on any atom is 0.287 e. The van der Waals surface area contributed by atoms with Crippen molar-refractivity contribution in [3.8, 4) is 0 Å². The molecule has 0 fully saturated rings. The van der Waals surface area contributed by atoms with Crippen LogP contribution in [0.15, 0.2) is 12.3 Å². The average Bonchev–Trinajstić information content (AvgIpc) is 2.37. The summed E-state index contributed by atoms with van der Waals surface area (Å²) < 4.78 is 0. The van der Waals surface area contributed by atoms with Gasteiger partial charge in [0.1, 0.15) is 6.20 Å². The third kappa shape index (κ3) is 4.00. The molecule has 1 heterocycles. The van der Waals surface area contributed by atoms with Gasteiger partial charge in [0.15, 0.2) is 0 Å².